The molecule has 14 heavy (non-hydrogen) atoms. The fourth-order valence-corrected chi connectivity index (χ4v) is 0.897. The summed E-state index contributed by atoms with van der Waals surface area (Å²) in [6.45, 7) is 12.6. The fraction of sp³-hybridized carbons (Fsp3) is 0.583. The van der Waals surface area contributed by atoms with E-state index >= 15 is 0 Å². The zero-order valence-corrected chi connectivity index (χ0v) is 10.2. The average molecular weight is 194 g/mol. The third-order valence-corrected chi connectivity index (χ3v) is 2.15. The Hall–Kier alpha value is -1.05. The number of hydrogen-bond donors (Lipinski definition) is 1. The predicted molar refractivity (Wildman–Crippen MR) is 63.2 cm³/mol. The van der Waals surface area contributed by atoms with E-state index < -0.39 is 0 Å². The normalized spacial score (nSPS) is 11.2. The Morgan fingerprint density at radius 3 is 2.36 bits per heavy atom. The second kappa shape index (κ2) is 6.41. The molecule has 1 heterocycles. The molecule has 2 nitrogen and oxygen atoms in total. The van der Waals surface area contributed by atoms with E-state index in [1.54, 1.807) is 0 Å². The van der Waals surface area contributed by atoms with Gasteiger partial charge in [0.05, 0.1) is 11.9 Å². The van der Waals surface area contributed by atoms with Gasteiger partial charge in [-0.25, -0.2) is 0 Å². The molecule has 0 saturated heterocycles. The van der Waals surface area contributed by atoms with E-state index in [2.05, 4.69) is 44.0 Å². The van der Waals surface area contributed by atoms with Crippen LogP contribution in [0.25, 0.3) is 6.08 Å². The van der Waals surface area contributed by atoms with Crippen molar-refractivity contribution in [2.45, 2.75) is 41.5 Å². The molecule has 0 atom stereocenters. The minimum atomic E-state index is 0.604. The van der Waals surface area contributed by atoms with Gasteiger partial charge in [0, 0.05) is 0 Å². The highest BCUT2D eigenvalue weighted by Crippen LogP contribution is 2.14. The molecule has 0 unspecified atom stereocenters. The first-order chi connectivity index (χ1) is 6.61. The number of aromatic amines is 1. The van der Waals surface area contributed by atoms with Crippen LogP contribution in [-0.4, -0.2) is 10.2 Å². The van der Waals surface area contributed by atoms with Crippen molar-refractivity contribution in [3.05, 3.63) is 23.0 Å². The van der Waals surface area contributed by atoms with Crippen LogP contribution in [0.4, 0.5) is 0 Å². The van der Waals surface area contributed by atoms with E-state index in [-0.39, 0.29) is 0 Å². The lowest BCUT2D eigenvalue weighted by molar-refractivity contribution is 0.775. The largest absolute Gasteiger partial charge is 0.278 e. The second-order valence-electron chi connectivity index (χ2n) is 3.51. The molecule has 80 valence electrons. The van der Waals surface area contributed by atoms with Crippen molar-refractivity contribution in [2.24, 2.45) is 5.92 Å². The minimum absolute atomic E-state index is 0.604. The van der Waals surface area contributed by atoms with Crippen molar-refractivity contribution < 1.29 is 0 Å². The van der Waals surface area contributed by atoms with Crippen molar-refractivity contribution >= 4 is 6.08 Å². The Bertz CT molecular complexity index is 282. The quantitative estimate of drug-likeness (QED) is 0.762. The fourth-order valence-electron chi connectivity index (χ4n) is 0.897. The number of nitrogens with zero attached hydrogens (tertiary/aromatic N) is 1. The Morgan fingerprint density at radius 2 is 2.00 bits per heavy atom. The van der Waals surface area contributed by atoms with E-state index in [1.807, 2.05) is 20.0 Å². The number of H-pyrrole nitrogens is 1. The van der Waals surface area contributed by atoms with Gasteiger partial charge in [0.2, 0.25) is 0 Å². The summed E-state index contributed by atoms with van der Waals surface area (Å²) in [5.41, 5.74) is 3.71. The molecular formula is C12H22N2. The number of aromatic nitrogens is 2. The number of nitrogens with one attached hydrogen (secondary N) is 1. The molecular weight excluding hydrogens is 172 g/mol. The molecule has 1 aromatic heterocycles. The molecule has 0 aliphatic carbocycles. The zero-order valence-electron chi connectivity index (χ0n) is 10.2. The van der Waals surface area contributed by atoms with Crippen molar-refractivity contribution in [2.75, 3.05) is 0 Å². The van der Waals surface area contributed by atoms with E-state index in [1.165, 1.54) is 11.1 Å². The van der Waals surface area contributed by atoms with Crippen LogP contribution >= 0.6 is 0 Å². The number of hydrogen-bond acceptors (Lipinski definition) is 1. The smallest absolute Gasteiger partial charge is 0.0606 e. The van der Waals surface area contributed by atoms with Crippen LogP contribution in [0.1, 0.15) is 45.9 Å². The van der Waals surface area contributed by atoms with Crippen molar-refractivity contribution in [3.8, 4) is 0 Å². The Balaban J connectivity index is 0.000000791. The molecule has 2 heteroatoms. The lowest BCUT2D eigenvalue weighted by Gasteiger charge is -2.03. The molecule has 1 aromatic rings. The molecule has 0 saturated carbocycles. The van der Waals surface area contributed by atoms with Crippen molar-refractivity contribution in [1.82, 2.24) is 10.2 Å². The third-order valence-electron chi connectivity index (χ3n) is 2.15. The van der Waals surface area contributed by atoms with Crippen LogP contribution in [0.5, 0.6) is 0 Å². The first-order valence-electron chi connectivity index (χ1n) is 5.29. The molecule has 0 fully saturated rings. The van der Waals surface area contributed by atoms with Crippen LogP contribution in [0.15, 0.2) is 11.8 Å². The van der Waals surface area contributed by atoms with Crippen LogP contribution in [0, 0.1) is 12.8 Å². The second-order valence-corrected chi connectivity index (χ2v) is 3.51. The van der Waals surface area contributed by atoms with Gasteiger partial charge in [-0.1, -0.05) is 33.3 Å². The highest BCUT2D eigenvalue weighted by molar-refractivity contribution is 5.51. The summed E-state index contributed by atoms with van der Waals surface area (Å²) in [4.78, 5) is 0. The standard InChI is InChI=1S/C10H16N2.C2H6/c1-7(2)8(3)5-10-9(4)6-11-12-10;1-2/h5-7H,1-4H3,(H,11,12);1-2H3/b8-5+;. The van der Waals surface area contributed by atoms with Crippen LogP contribution in [0.2, 0.25) is 0 Å². The van der Waals surface area contributed by atoms with Gasteiger partial charge >= 0.3 is 0 Å². The van der Waals surface area contributed by atoms with Crippen molar-refractivity contribution in [1.29, 1.82) is 0 Å². The lowest BCUT2D eigenvalue weighted by atomic mass is 10.0. The Labute approximate surface area is 87.4 Å². The van der Waals surface area contributed by atoms with E-state index in [9.17, 15) is 0 Å². The average Bonchev–Trinajstić information content (AvgIpc) is 2.55. The summed E-state index contributed by atoms with van der Waals surface area (Å²) in [6, 6.07) is 0. The van der Waals surface area contributed by atoms with E-state index in [0.717, 1.165) is 5.69 Å². The van der Waals surface area contributed by atoms with E-state index in [4.69, 9.17) is 0 Å². The highest BCUT2D eigenvalue weighted by atomic mass is 15.1. The van der Waals surface area contributed by atoms with Gasteiger partial charge in [0.15, 0.2) is 0 Å². The molecule has 0 aromatic carbocycles. The number of allylic oxidation sites excluding steroid dienone is 1. The summed E-state index contributed by atoms with van der Waals surface area (Å²) in [5, 5.41) is 6.93. The minimum Gasteiger partial charge on any atom is -0.278 e. The molecule has 1 rings (SSSR count). The van der Waals surface area contributed by atoms with Gasteiger partial charge in [-0.05, 0) is 31.4 Å². The monoisotopic (exact) mass is 194 g/mol. The summed E-state index contributed by atoms with van der Waals surface area (Å²) in [5.74, 6) is 0.604. The first kappa shape index (κ1) is 12.9. The zero-order chi connectivity index (χ0) is 11.1. The SMILES string of the molecule is C/C(=C\c1[nH]ncc1C)C(C)C.CC. The maximum atomic E-state index is 3.96. The topological polar surface area (TPSA) is 28.7 Å². The van der Waals surface area contributed by atoms with Crippen LogP contribution < -0.4 is 0 Å². The van der Waals surface area contributed by atoms with Crippen LogP contribution in [-0.2, 0) is 0 Å². The van der Waals surface area contributed by atoms with Gasteiger partial charge in [0.25, 0.3) is 0 Å². The molecule has 0 aliphatic rings. The highest BCUT2D eigenvalue weighted by Gasteiger charge is 1.99. The summed E-state index contributed by atoms with van der Waals surface area (Å²) >= 11 is 0. The van der Waals surface area contributed by atoms with Gasteiger partial charge in [0.1, 0.15) is 0 Å². The number of aryl methyl sites for hydroxylation is 1. The molecule has 0 amide bonds. The summed E-state index contributed by atoms with van der Waals surface area (Å²) in [6.07, 6.45) is 4.01. The van der Waals surface area contributed by atoms with E-state index in [0.29, 0.717) is 5.92 Å². The molecule has 0 bridgehead atoms. The summed E-state index contributed by atoms with van der Waals surface area (Å²) < 4.78 is 0. The molecule has 0 radical (unpaired) electrons. The van der Waals surface area contributed by atoms with Crippen molar-refractivity contribution in [3.63, 3.8) is 0 Å². The molecule has 1 N–H and O–H groups in total. The van der Waals surface area contributed by atoms with Gasteiger partial charge < -0.3 is 0 Å². The third kappa shape index (κ3) is 3.77. The maximum absolute atomic E-state index is 3.96. The maximum Gasteiger partial charge on any atom is 0.0606 e. The number of rotatable bonds is 2. The van der Waals surface area contributed by atoms with Gasteiger partial charge in [-0.3, -0.25) is 5.10 Å². The molecule has 0 spiro atoms. The predicted octanol–water partition coefficient (Wildman–Crippen LogP) is 3.80. The van der Waals surface area contributed by atoms with Crippen LogP contribution in [0.3, 0.4) is 0 Å². The molecule has 0 aliphatic heterocycles. The Kier molecular flexibility index (Phi) is 5.93. The van der Waals surface area contributed by atoms with Gasteiger partial charge in [-0.2, -0.15) is 5.10 Å². The first-order valence-corrected chi connectivity index (χ1v) is 5.29. The lowest BCUT2D eigenvalue weighted by Crippen LogP contribution is -1.89. The summed E-state index contributed by atoms with van der Waals surface area (Å²) in [7, 11) is 0. The van der Waals surface area contributed by atoms with Gasteiger partial charge in [-0.15, -0.1) is 0 Å². The Morgan fingerprint density at radius 1 is 1.43 bits per heavy atom.